The van der Waals surface area contributed by atoms with Gasteiger partial charge in [0.15, 0.2) is 0 Å². The number of nitrogen functional groups attached to an aromatic ring is 1. The van der Waals surface area contributed by atoms with Crippen molar-refractivity contribution in [1.29, 1.82) is 0 Å². The summed E-state index contributed by atoms with van der Waals surface area (Å²) in [6, 6.07) is 2.87. The number of nitro benzene ring substituents is 1. The first kappa shape index (κ1) is 12.2. The van der Waals surface area contributed by atoms with E-state index >= 15 is 0 Å². The van der Waals surface area contributed by atoms with Crippen LogP contribution >= 0.6 is 0 Å². The molecule has 0 aliphatic carbocycles. The molecule has 16 heavy (non-hydrogen) atoms. The molecule has 0 bridgehead atoms. The summed E-state index contributed by atoms with van der Waals surface area (Å²) in [5.74, 6) is 0. The molecular weight excluding hydrogens is 208 g/mol. The summed E-state index contributed by atoms with van der Waals surface area (Å²) in [6.45, 7) is 1.77. The van der Waals surface area contributed by atoms with Crippen LogP contribution in [0.25, 0.3) is 6.08 Å². The molecule has 1 rings (SSSR count). The van der Waals surface area contributed by atoms with Crippen LogP contribution in [0.2, 0.25) is 0 Å². The number of aliphatic hydroxyl groups excluding tert-OH is 1. The zero-order valence-electron chi connectivity index (χ0n) is 9.01. The highest BCUT2D eigenvalue weighted by molar-refractivity contribution is 5.70. The first-order valence-electron chi connectivity index (χ1n) is 4.88. The Kier molecular flexibility index (Phi) is 4.02. The SMILES string of the molecule is Cc1cc([N+](=O)[O-])cc(C=CCCO)c1N. The van der Waals surface area contributed by atoms with Crippen LogP contribution in [0.5, 0.6) is 0 Å². The predicted molar refractivity (Wildman–Crippen MR) is 63.0 cm³/mol. The molecule has 0 aromatic heterocycles. The molecule has 0 unspecified atom stereocenters. The molecule has 0 aliphatic heterocycles. The largest absolute Gasteiger partial charge is 0.398 e. The number of non-ortho nitro benzene ring substituents is 1. The lowest BCUT2D eigenvalue weighted by Gasteiger charge is -2.04. The molecule has 86 valence electrons. The molecule has 0 fully saturated rings. The number of benzene rings is 1. The van der Waals surface area contributed by atoms with Gasteiger partial charge in [0.2, 0.25) is 0 Å². The summed E-state index contributed by atoms with van der Waals surface area (Å²) in [5, 5.41) is 19.3. The Morgan fingerprint density at radius 2 is 2.25 bits per heavy atom. The van der Waals surface area contributed by atoms with E-state index in [0.717, 1.165) is 0 Å². The minimum Gasteiger partial charge on any atom is -0.398 e. The Morgan fingerprint density at radius 1 is 1.56 bits per heavy atom. The van der Waals surface area contributed by atoms with Crippen molar-refractivity contribution in [2.24, 2.45) is 0 Å². The fourth-order valence-corrected chi connectivity index (χ4v) is 1.33. The number of hydrogen-bond donors (Lipinski definition) is 2. The van der Waals surface area contributed by atoms with Crippen LogP contribution in [-0.2, 0) is 0 Å². The fourth-order valence-electron chi connectivity index (χ4n) is 1.33. The van der Waals surface area contributed by atoms with Gasteiger partial charge in [0, 0.05) is 30.0 Å². The molecule has 0 atom stereocenters. The number of rotatable bonds is 4. The van der Waals surface area contributed by atoms with Crippen LogP contribution in [0.15, 0.2) is 18.2 Å². The van der Waals surface area contributed by atoms with Crippen molar-refractivity contribution in [2.75, 3.05) is 12.3 Å². The Balaban J connectivity index is 3.11. The number of anilines is 1. The molecule has 0 amide bonds. The van der Waals surface area contributed by atoms with Gasteiger partial charge in [0.25, 0.3) is 5.69 Å². The first-order valence-corrected chi connectivity index (χ1v) is 4.88. The zero-order chi connectivity index (χ0) is 12.1. The third kappa shape index (κ3) is 2.80. The van der Waals surface area contributed by atoms with E-state index < -0.39 is 4.92 Å². The van der Waals surface area contributed by atoms with Gasteiger partial charge in [-0.3, -0.25) is 10.1 Å². The third-order valence-corrected chi connectivity index (χ3v) is 2.21. The van der Waals surface area contributed by atoms with Gasteiger partial charge >= 0.3 is 0 Å². The van der Waals surface area contributed by atoms with Gasteiger partial charge in [0.1, 0.15) is 0 Å². The highest BCUT2D eigenvalue weighted by atomic mass is 16.6. The number of aryl methyl sites for hydroxylation is 1. The lowest BCUT2D eigenvalue weighted by Crippen LogP contribution is -1.97. The third-order valence-electron chi connectivity index (χ3n) is 2.21. The van der Waals surface area contributed by atoms with E-state index in [1.165, 1.54) is 12.1 Å². The van der Waals surface area contributed by atoms with Crippen molar-refractivity contribution in [3.63, 3.8) is 0 Å². The molecule has 0 aliphatic rings. The smallest absolute Gasteiger partial charge is 0.270 e. The summed E-state index contributed by atoms with van der Waals surface area (Å²) < 4.78 is 0. The number of hydrogen-bond acceptors (Lipinski definition) is 4. The maximum absolute atomic E-state index is 10.6. The predicted octanol–water partition coefficient (Wildman–Crippen LogP) is 1.88. The Morgan fingerprint density at radius 3 is 2.81 bits per heavy atom. The maximum atomic E-state index is 10.6. The number of aliphatic hydroxyl groups is 1. The van der Waals surface area contributed by atoms with Gasteiger partial charge in [-0.1, -0.05) is 12.2 Å². The molecule has 5 heteroatoms. The van der Waals surface area contributed by atoms with E-state index in [0.29, 0.717) is 23.2 Å². The number of nitro groups is 1. The van der Waals surface area contributed by atoms with Gasteiger partial charge < -0.3 is 10.8 Å². The second kappa shape index (κ2) is 5.27. The molecule has 0 spiro atoms. The Bertz CT molecular complexity index is 427. The number of nitrogens with zero attached hydrogens (tertiary/aromatic N) is 1. The van der Waals surface area contributed by atoms with Crippen molar-refractivity contribution in [3.05, 3.63) is 39.4 Å². The van der Waals surface area contributed by atoms with E-state index in [4.69, 9.17) is 10.8 Å². The van der Waals surface area contributed by atoms with Crippen LogP contribution in [0, 0.1) is 17.0 Å². The fraction of sp³-hybridized carbons (Fsp3) is 0.273. The number of nitrogens with two attached hydrogens (primary N) is 1. The summed E-state index contributed by atoms with van der Waals surface area (Å²) in [4.78, 5) is 10.2. The molecule has 1 aromatic rings. The lowest BCUT2D eigenvalue weighted by atomic mass is 10.1. The molecule has 0 radical (unpaired) electrons. The molecule has 5 nitrogen and oxygen atoms in total. The summed E-state index contributed by atoms with van der Waals surface area (Å²) in [7, 11) is 0. The van der Waals surface area contributed by atoms with Crippen molar-refractivity contribution < 1.29 is 10.0 Å². The minimum atomic E-state index is -0.449. The first-order chi connectivity index (χ1) is 7.56. The van der Waals surface area contributed by atoms with Crippen LogP contribution in [0.3, 0.4) is 0 Å². The van der Waals surface area contributed by atoms with E-state index in [2.05, 4.69) is 0 Å². The van der Waals surface area contributed by atoms with Crippen LogP contribution in [0.1, 0.15) is 17.5 Å². The molecule has 1 aromatic carbocycles. The van der Waals surface area contributed by atoms with Crippen molar-refractivity contribution in [2.45, 2.75) is 13.3 Å². The van der Waals surface area contributed by atoms with E-state index in [1.54, 1.807) is 19.1 Å². The molecule has 0 saturated carbocycles. The second-order valence-corrected chi connectivity index (χ2v) is 3.44. The maximum Gasteiger partial charge on any atom is 0.270 e. The Labute approximate surface area is 93.4 Å². The van der Waals surface area contributed by atoms with Gasteiger partial charge in [0.05, 0.1) is 4.92 Å². The van der Waals surface area contributed by atoms with Crippen LogP contribution in [0.4, 0.5) is 11.4 Å². The van der Waals surface area contributed by atoms with Gasteiger partial charge in [-0.05, 0) is 18.9 Å². The zero-order valence-corrected chi connectivity index (χ0v) is 9.01. The average Bonchev–Trinajstić information content (AvgIpc) is 2.24. The van der Waals surface area contributed by atoms with Gasteiger partial charge in [-0.25, -0.2) is 0 Å². The van der Waals surface area contributed by atoms with Gasteiger partial charge in [-0.2, -0.15) is 0 Å². The quantitative estimate of drug-likeness (QED) is 0.462. The van der Waals surface area contributed by atoms with Gasteiger partial charge in [-0.15, -0.1) is 0 Å². The van der Waals surface area contributed by atoms with E-state index in [1.807, 2.05) is 0 Å². The van der Waals surface area contributed by atoms with Crippen molar-refractivity contribution in [3.8, 4) is 0 Å². The molecular formula is C11H14N2O3. The highest BCUT2D eigenvalue weighted by Crippen LogP contribution is 2.25. The van der Waals surface area contributed by atoms with E-state index in [9.17, 15) is 10.1 Å². The van der Waals surface area contributed by atoms with Crippen molar-refractivity contribution in [1.82, 2.24) is 0 Å². The van der Waals surface area contributed by atoms with E-state index in [-0.39, 0.29) is 12.3 Å². The summed E-state index contributed by atoms with van der Waals surface area (Å²) in [5.41, 5.74) is 7.64. The summed E-state index contributed by atoms with van der Waals surface area (Å²) >= 11 is 0. The van der Waals surface area contributed by atoms with Crippen LogP contribution < -0.4 is 5.73 Å². The molecule has 3 N–H and O–H groups in total. The molecule has 0 heterocycles. The minimum absolute atomic E-state index is 0.0235. The normalized spacial score (nSPS) is 10.9. The van der Waals surface area contributed by atoms with Crippen molar-refractivity contribution >= 4 is 17.5 Å². The second-order valence-electron chi connectivity index (χ2n) is 3.44. The lowest BCUT2D eigenvalue weighted by molar-refractivity contribution is -0.384. The van der Waals surface area contributed by atoms with Crippen LogP contribution in [-0.4, -0.2) is 16.6 Å². The average molecular weight is 222 g/mol. The topological polar surface area (TPSA) is 89.4 Å². The standard InChI is InChI=1S/C11H14N2O3/c1-8-6-10(13(15)16)7-9(11(8)12)4-2-3-5-14/h2,4,6-7,14H,3,5,12H2,1H3. The Hall–Kier alpha value is -1.88. The monoisotopic (exact) mass is 222 g/mol. The molecule has 0 saturated heterocycles. The summed E-state index contributed by atoms with van der Waals surface area (Å²) in [6.07, 6.45) is 3.92. The highest BCUT2D eigenvalue weighted by Gasteiger charge is 2.10.